The molecule has 0 aromatic carbocycles. The Bertz CT molecular complexity index is 585. The molecule has 0 aromatic rings. The van der Waals surface area contributed by atoms with E-state index in [1.165, 1.54) is 18.3 Å². The number of carbonyl (C=O) groups excluding carboxylic acids is 2. The lowest BCUT2D eigenvalue weighted by Gasteiger charge is -2.40. The first kappa shape index (κ1) is 19.7. The molecule has 4 nitrogen and oxygen atoms in total. The maximum absolute atomic E-state index is 12.3. The van der Waals surface area contributed by atoms with E-state index >= 15 is 0 Å². The van der Waals surface area contributed by atoms with Gasteiger partial charge in [-0.2, -0.15) is 0 Å². The Hall–Kier alpha value is -1.58. The summed E-state index contributed by atoms with van der Waals surface area (Å²) in [6.45, 7) is 10.5. The van der Waals surface area contributed by atoms with Crippen molar-refractivity contribution < 1.29 is 19.1 Å². The summed E-state index contributed by atoms with van der Waals surface area (Å²) in [4.78, 5) is 24.6. The molecule has 2 aliphatic carbocycles. The number of esters is 2. The maximum Gasteiger partial charge on any atom is 0.337 e. The van der Waals surface area contributed by atoms with Gasteiger partial charge in [-0.25, -0.2) is 4.79 Å². The molecule has 0 bridgehead atoms. The van der Waals surface area contributed by atoms with Gasteiger partial charge in [0.2, 0.25) is 0 Å². The zero-order chi connectivity index (χ0) is 18.7. The van der Waals surface area contributed by atoms with Crippen LogP contribution < -0.4 is 0 Å². The molecule has 25 heavy (non-hydrogen) atoms. The van der Waals surface area contributed by atoms with E-state index in [0.717, 1.165) is 19.3 Å². The molecule has 4 heteroatoms. The molecule has 0 amide bonds. The molecule has 4 atom stereocenters. The zero-order valence-corrected chi connectivity index (χ0v) is 16.4. The van der Waals surface area contributed by atoms with Crippen LogP contribution in [-0.2, 0) is 19.1 Å². The van der Waals surface area contributed by atoms with E-state index in [1.807, 2.05) is 19.9 Å². The second-order valence-corrected chi connectivity index (χ2v) is 7.83. The van der Waals surface area contributed by atoms with Gasteiger partial charge in [0, 0.05) is 12.3 Å². The monoisotopic (exact) mass is 348 g/mol. The van der Waals surface area contributed by atoms with E-state index in [0.29, 0.717) is 23.8 Å². The molecule has 0 saturated carbocycles. The van der Waals surface area contributed by atoms with Gasteiger partial charge in [-0.15, -0.1) is 0 Å². The van der Waals surface area contributed by atoms with E-state index in [4.69, 9.17) is 9.47 Å². The van der Waals surface area contributed by atoms with Crippen LogP contribution in [0.15, 0.2) is 22.8 Å². The third-order valence-electron chi connectivity index (χ3n) is 5.93. The summed E-state index contributed by atoms with van der Waals surface area (Å²) in [6, 6.07) is 0. The van der Waals surface area contributed by atoms with Crippen molar-refractivity contribution in [1.82, 2.24) is 0 Å². The molecule has 0 N–H and O–H groups in total. The fourth-order valence-corrected chi connectivity index (χ4v) is 4.00. The average Bonchev–Trinajstić information content (AvgIpc) is 2.60. The highest BCUT2D eigenvalue weighted by atomic mass is 16.6. The Labute approximate surface area is 151 Å². The fraction of sp³-hybridized carbons (Fsp3) is 0.714. The van der Waals surface area contributed by atoms with Crippen LogP contribution in [0.1, 0.15) is 60.3 Å². The molecule has 0 unspecified atom stereocenters. The molecule has 140 valence electrons. The van der Waals surface area contributed by atoms with Crippen molar-refractivity contribution in [2.24, 2.45) is 23.7 Å². The molecule has 0 radical (unpaired) electrons. The first-order valence-corrected chi connectivity index (χ1v) is 9.49. The van der Waals surface area contributed by atoms with Crippen LogP contribution >= 0.6 is 0 Å². The van der Waals surface area contributed by atoms with Gasteiger partial charge >= 0.3 is 11.9 Å². The predicted molar refractivity (Wildman–Crippen MR) is 97.8 cm³/mol. The van der Waals surface area contributed by atoms with Gasteiger partial charge in [-0.05, 0) is 38.0 Å². The second-order valence-electron chi connectivity index (χ2n) is 7.83. The molecule has 0 spiro atoms. The van der Waals surface area contributed by atoms with Crippen molar-refractivity contribution >= 4 is 11.9 Å². The Kier molecular flexibility index (Phi) is 6.47. The minimum absolute atomic E-state index is 0.165. The van der Waals surface area contributed by atoms with E-state index in [2.05, 4.69) is 20.8 Å². The van der Waals surface area contributed by atoms with Gasteiger partial charge in [0.15, 0.2) is 0 Å². The number of fused-ring (bicyclic) bond motifs is 1. The first-order chi connectivity index (χ1) is 11.8. The number of rotatable bonds is 5. The van der Waals surface area contributed by atoms with Crippen molar-refractivity contribution in [1.29, 1.82) is 0 Å². The van der Waals surface area contributed by atoms with E-state index in [9.17, 15) is 9.59 Å². The van der Waals surface area contributed by atoms with E-state index in [1.54, 1.807) is 0 Å². The third kappa shape index (κ3) is 4.16. The van der Waals surface area contributed by atoms with E-state index < -0.39 is 6.10 Å². The number of allylic oxidation sites excluding steroid dienone is 2. The van der Waals surface area contributed by atoms with Gasteiger partial charge in [-0.3, -0.25) is 4.79 Å². The van der Waals surface area contributed by atoms with Crippen LogP contribution in [0, 0.1) is 23.7 Å². The lowest BCUT2D eigenvalue weighted by molar-refractivity contribution is -0.153. The summed E-state index contributed by atoms with van der Waals surface area (Å²) >= 11 is 0. The number of methoxy groups -OCH3 is 1. The number of hydrogen-bond acceptors (Lipinski definition) is 4. The second kappa shape index (κ2) is 8.20. The summed E-state index contributed by atoms with van der Waals surface area (Å²) in [5.74, 6) is 0.525. The van der Waals surface area contributed by atoms with E-state index in [-0.39, 0.29) is 23.8 Å². The third-order valence-corrected chi connectivity index (χ3v) is 5.93. The average molecular weight is 348 g/mol. The molecular formula is C21H32O4. The predicted octanol–water partition coefficient (Wildman–Crippen LogP) is 4.45. The number of hydrogen-bond donors (Lipinski definition) is 0. The smallest absolute Gasteiger partial charge is 0.337 e. The SMILES string of the molecule is CC[C@@H](C)C(=O)O[C@H]1CC2=C(C)CC[C@@H](C(C)C)[C@@H]2C=C1C(=O)OC. The topological polar surface area (TPSA) is 52.6 Å². The minimum atomic E-state index is -0.527. The Balaban J connectivity index is 2.38. The van der Waals surface area contributed by atoms with Crippen molar-refractivity contribution in [2.75, 3.05) is 7.11 Å². The highest BCUT2D eigenvalue weighted by molar-refractivity contribution is 5.90. The van der Waals surface area contributed by atoms with Crippen molar-refractivity contribution in [3.8, 4) is 0 Å². The molecule has 0 heterocycles. The first-order valence-electron chi connectivity index (χ1n) is 9.49. The van der Waals surface area contributed by atoms with Crippen LogP contribution in [0.3, 0.4) is 0 Å². The van der Waals surface area contributed by atoms with Crippen molar-refractivity contribution in [3.05, 3.63) is 22.8 Å². The molecule has 2 rings (SSSR count). The Morgan fingerprint density at radius 3 is 2.52 bits per heavy atom. The number of ether oxygens (including phenoxy) is 2. The number of carbonyl (C=O) groups is 2. The zero-order valence-electron chi connectivity index (χ0n) is 16.4. The standard InChI is InChI=1S/C21H32O4/c1-7-13(4)20(22)25-19-11-16-14(5)8-9-15(12(2)3)17(16)10-18(19)21(23)24-6/h10,12-13,15,17,19H,7-9,11H2,1-6H3/t13-,15+,17+,19+/m1/s1. The molecule has 0 saturated heterocycles. The minimum Gasteiger partial charge on any atom is -0.466 e. The lowest BCUT2D eigenvalue weighted by atomic mass is 9.66. The fourth-order valence-electron chi connectivity index (χ4n) is 4.00. The van der Waals surface area contributed by atoms with Crippen LogP contribution in [-0.4, -0.2) is 25.2 Å². The highest BCUT2D eigenvalue weighted by Gasteiger charge is 2.40. The van der Waals surface area contributed by atoms with Crippen molar-refractivity contribution in [3.63, 3.8) is 0 Å². The van der Waals surface area contributed by atoms with Gasteiger partial charge in [-0.1, -0.05) is 44.9 Å². The summed E-state index contributed by atoms with van der Waals surface area (Å²) in [5, 5.41) is 0. The Morgan fingerprint density at radius 1 is 1.28 bits per heavy atom. The molecule has 2 aliphatic rings. The lowest BCUT2D eigenvalue weighted by Crippen LogP contribution is -2.37. The molecule has 0 aliphatic heterocycles. The van der Waals surface area contributed by atoms with Gasteiger partial charge in [0.05, 0.1) is 18.6 Å². The van der Waals surface area contributed by atoms with Gasteiger partial charge in [0.1, 0.15) is 6.10 Å². The summed E-state index contributed by atoms with van der Waals surface area (Å²) < 4.78 is 10.7. The molecule has 0 aromatic heterocycles. The quantitative estimate of drug-likeness (QED) is 0.544. The Morgan fingerprint density at radius 2 is 1.96 bits per heavy atom. The largest absolute Gasteiger partial charge is 0.466 e. The summed E-state index contributed by atoms with van der Waals surface area (Å²) in [7, 11) is 1.38. The van der Waals surface area contributed by atoms with Gasteiger partial charge < -0.3 is 9.47 Å². The van der Waals surface area contributed by atoms with Crippen LogP contribution in [0.25, 0.3) is 0 Å². The van der Waals surface area contributed by atoms with Gasteiger partial charge in [0.25, 0.3) is 0 Å². The maximum atomic E-state index is 12.3. The van der Waals surface area contributed by atoms with Crippen LogP contribution in [0.2, 0.25) is 0 Å². The highest BCUT2D eigenvalue weighted by Crippen LogP contribution is 2.45. The van der Waals surface area contributed by atoms with Crippen LogP contribution in [0.4, 0.5) is 0 Å². The summed E-state index contributed by atoms with van der Waals surface area (Å²) in [5.41, 5.74) is 3.24. The van der Waals surface area contributed by atoms with Crippen molar-refractivity contribution in [2.45, 2.75) is 66.4 Å². The van der Waals surface area contributed by atoms with Crippen LogP contribution in [0.5, 0.6) is 0 Å². The normalized spacial score (nSPS) is 27.5. The molecular weight excluding hydrogens is 316 g/mol. The summed E-state index contributed by atoms with van der Waals surface area (Å²) in [6.07, 6.45) is 5.06. The molecule has 0 fully saturated rings.